The maximum atomic E-state index is 5.72. The van der Waals surface area contributed by atoms with Crippen LogP contribution >= 0.6 is 0 Å². The molecule has 0 atom stereocenters. The Morgan fingerprint density at radius 1 is 1.05 bits per heavy atom. The normalized spacial score (nSPS) is 14.9. The van der Waals surface area contributed by atoms with Crippen molar-refractivity contribution in [1.29, 1.82) is 0 Å². The van der Waals surface area contributed by atoms with Crippen molar-refractivity contribution >= 4 is 16.6 Å². The standard InChI is InChI=1S/C15H14N4/c16-11-3-5-12(6-4-11)19-15-9-17-7-13(10-1-2-10)14(15)8-18-19/h3-10H,1-2,16H2. The average Bonchev–Trinajstić information content (AvgIpc) is 3.19. The molecular formula is C15H14N4. The van der Waals surface area contributed by atoms with Gasteiger partial charge < -0.3 is 5.73 Å². The quantitative estimate of drug-likeness (QED) is 0.711. The predicted molar refractivity (Wildman–Crippen MR) is 75.3 cm³/mol. The van der Waals surface area contributed by atoms with Crippen LogP contribution in [0.4, 0.5) is 5.69 Å². The predicted octanol–water partition coefficient (Wildman–Crippen LogP) is 2.88. The number of nitrogens with two attached hydrogens (primary N) is 1. The fourth-order valence-corrected chi connectivity index (χ4v) is 2.50. The molecule has 94 valence electrons. The summed E-state index contributed by atoms with van der Waals surface area (Å²) < 4.78 is 1.92. The summed E-state index contributed by atoms with van der Waals surface area (Å²) in [5.41, 5.74) is 9.89. The van der Waals surface area contributed by atoms with Crippen LogP contribution < -0.4 is 5.73 Å². The molecule has 0 saturated heterocycles. The number of benzene rings is 1. The Kier molecular flexibility index (Phi) is 2.12. The fraction of sp³-hybridized carbons (Fsp3) is 0.200. The van der Waals surface area contributed by atoms with Gasteiger partial charge in [-0.15, -0.1) is 0 Å². The molecule has 1 aromatic carbocycles. The van der Waals surface area contributed by atoms with Crippen LogP contribution in [0.15, 0.2) is 42.9 Å². The minimum atomic E-state index is 0.681. The van der Waals surface area contributed by atoms with Gasteiger partial charge in [-0.3, -0.25) is 4.98 Å². The lowest BCUT2D eigenvalue weighted by Gasteiger charge is -2.05. The van der Waals surface area contributed by atoms with Crippen molar-refractivity contribution in [3.63, 3.8) is 0 Å². The van der Waals surface area contributed by atoms with Crippen LogP contribution in [-0.2, 0) is 0 Å². The van der Waals surface area contributed by atoms with Gasteiger partial charge in [0.15, 0.2) is 0 Å². The second-order valence-corrected chi connectivity index (χ2v) is 5.08. The van der Waals surface area contributed by atoms with E-state index in [0.29, 0.717) is 5.92 Å². The molecule has 0 radical (unpaired) electrons. The molecule has 0 bridgehead atoms. The Morgan fingerprint density at radius 2 is 1.84 bits per heavy atom. The molecule has 2 aromatic heterocycles. The molecular weight excluding hydrogens is 236 g/mol. The summed E-state index contributed by atoms with van der Waals surface area (Å²) in [5.74, 6) is 0.681. The van der Waals surface area contributed by atoms with Crippen LogP contribution in [0.5, 0.6) is 0 Å². The van der Waals surface area contributed by atoms with E-state index in [-0.39, 0.29) is 0 Å². The third kappa shape index (κ3) is 1.68. The maximum Gasteiger partial charge on any atom is 0.0927 e. The first-order valence-electron chi connectivity index (χ1n) is 6.50. The Bertz CT molecular complexity index is 738. The molecule has 1 fully saturated rings. The second-order valence-electron chi connectivity index (χ2n) is 5.08. The molecule has 4 nitrogen and oxygen atoms in total. The van der Waals surface area contributed by atoms with Crippen LogP contribution in [0, 0.1) is 0 Å². The van der Waals surface area contributed by atoms with E-state index in [9.17, 15) is 0 Å². The van der Waals surface area contributed by atoms with Gasteiger partial charge in [-0.05, 0) is 48.6 Å². The highest BCUT2D eigenvalue weighted by atomic mass is 15.3. The monoisotopic (exact) mass is 250 g/mol. The van der Waals surface area contributed by atoms with Crippen molar-refractivity contribution in [1.82, 2.24) is 14.8 Å². The lowest BCUT2D eigenvalue weighted by Crippen LogP contribution is -1.97. The molecule has 1 aliphatic rings. The minimum absolute atomic E-state index is 0.681. The smallest absolute Gasteiger partial charge is 0.0927 e. The summed E-state index contributed by atoms with van der Waals surface area (Å²) in [7, 11) is 0. The van der Waals surface area contributed by atoms with Crippen LogP contribution in [-0.4, -0.2) is 14.8 Å². The van der Waals surface area contributed by atoms with E-state index in [1.165, 1.54) is 23.8 Å². The lowest BCUT2D eigenvalue weighted by atomic mass is 10.1. The number of rotatable bonds is 2. The van der Waals surface area contributed by atoms with Crippen LogP contribution in [0.2, 0.25) is 0 Å². The van der Waals surface area contributed by atoms with Crippen molar-refractivity contribution in [2.75, 3.05) is 5.73 Å². The van der Waals surface area contributed by atoms with E-state index in [4.69, 9.17) is 5.73 Å². The fourth-order valence-electron chi connectivity index (χ4n) is 2.50. The maximum absolute atomic E-state index is 5.72. The molecule has 0 spiro atoms. The number of aromatic nitrogens is 3. The van der Waals surface area contributed by atoms with Gasteiger partial charge in [0, 0.05) is 17.3 Å². The first kappa shape index (κ1) is 10.6. The van der Waals surface area contributed by atoms with Crippen molar-refractivity contribution in [2.45, 2.75) is 18.8 Å². The van der Waals surface area contributed by atoms with Crippen molar-refractivity contribution in [3.8, 4) is 5.69 Å². The lowest BCUT2D eigenvalue weighted by molar-refractivity contribution is 0.908. The third-order valence-corrected chi connectivity index (χ3v) is 3.68. The molecule has 2 heterocycles. The number of hydrogen-bond donors (Lipinski definition) is 1. The average molecular weight is 250 g/mol. The molecule has 19 heavy (non-hydrogen) atoms. The third-order valence-electron chi connectivity index (χ3n) is 3.68. The SMILES string of the molecule is Nc1ccc(-n2ncc3c(C4CC4)cncc32)cc1. The number of anilines is 1. The van der Waals surface area contributed by atoms with Crippen molar-refractivity contribution in [3.05, 3.63) is 48.4 Å². The number of hydrogen-bond acceptors (Lipinski definition) is 3. The zero-order valence-corrected chi connectivity index (χ0v) is 10.5. The topological polar surface area (TPSA) is 56.7 Å². The zero-order valence-electron chi connectivity index (χ0n) is 10.5. The Labute approximate surface area is 110 Å². The first-order chi connectivity index (χ1) is 9.33. The van der Waals surface area contributed by atoms with E-state index in [0.717, 1.165) is 16.9 Å². The first-order valence-corrected chi connectivity index (χ1v) is 6.50. The molecule has 4 heteroatoms. The van der Waals surface area contributed by atoms with Crippen molar-refractivity contribution < 1.29 is 0 Å². The van der Waals surface area contributed by atoms with Gasteiger partial charge in [0.2, 0.25) is 0 Å². The zero-order chi connectivity index (χ0) is 12.8. The van der Waals surface area contributed by atoms with Gasteiger partial charge in [-0.25, -0.2) is 4.68 Å². The molecule has 0 aliphatic heterocycles. The molecule has 2 N–H and O–H groups in total. The molecule has 0 amide bonds. The minimum Gasteiger partial charge on any atom is -0.399 e. The Balaban J connectivity index is 1.91. The van der Waals surface area contributed by atoms with Crippen LogP contribution in [0.3, 0.4) is 0 Å². The largest absolute Gasteiger partial charge is 0.399 e. The summed E-state index contributed by atoms with van der Waals surface area (Å²) >= 11 is 0. The summed E-state index contributed by atoms with van der Waals surface area (Å²) in [5, 5.41) is 5.72. The molecule has 1 saturated carbocycles. The highest BCUT2D eigenvalue weighted by molar-refractivity contribution is 5.83. The summed E-state index contributed by atoms with van der Waals surface area (Å²) in [6.45, 7) is 0. The highest BCUT2D eigenvalue weighted by Gasteiger charge is 2.26. The second kappa shape index (κ2) is 3.82. The summed E-state index contributed by atoms with van der Waals surface area (Å²) in [4.78, 5) is 4.36. The van der Waals surface area contributed by atoms with Gasteiger partial charge in [0.1, 0.15) is 0 Å². The highest BCUT2D eigenvalue weighted by Crippen LogP contribution is 2.42. The Hall–Kier alpha value is -2.36. The molecule has 3 aromatic rings. The molecule has 1 aliphatic carbocycles. The van der Waals surface area contributed by atoms with Gasteiger partial charge in [0.05, 0.1) is 23.6 Å². The van der Waals surface area contributed by atoms with Crippen molar-refractivity contribution in [2.24, 2.45) is 0 Å². The molecule has 4 rings (SSSR count). The Morgan fingerprint density at radius 3 is 2.58 bits per heavy atom. The van der Waals surface area contributed by atoms with E-state index in [1.807, 2.05) is 47.5 Å². The van der Waals surface area contributed by atoms with E-state index >= 15 is 0 Å². The molecule has 0 unspecified atom stereocenters. The number of pyridine rings is 1. The van der Waals surface area contributed by atoms with Crippen LogP contribution in [0.1, 0.15) is 24.3 Å². The van der Waals surface area contributed by atoms with Gasteiger partial charge >= 0.3 is 0 Å². The van der Waals surface area contributed by atoms with E-state index < -0.39 is 0 Å². The van der Waals surface area contributed by atoms with Crippen LogP contribution in [0.25, 0.3) is 16.6 Å². The number of nitrogens with zero attached hydrogens (tertiary/aromatic N) is 3. The van der Waals surface area contributed by atoms with E-state index in [2.05, 4.69) is 10.1 Å². The number of nitrogen functional groups attached to an aromatic ring is 1. The van der Waals surface area contributed by atoms with Gasteiger partial charge in [0.25, 0.3) is 0 Å². The van der Waals surface area contributed by atoms with Gasteiger partial charge in [-0.1, -0.05) is 0 Å². The summed E-state index contributed by atoms with van der Waals surface area (Å²) in [6.07, 6.45) is 8.35. The number of fused-ring (bicyclic) bond motifs is 1. The van der Waals surface area contributed by atoms with E-state index in [1.54, 1.807) is 0 Å². The summed E-state index contributed by atoms with van der Waals surface area (Å²) in [6, 6.07) is 7.74. The van der Waals surface area contributed by atoms with Gasteiger partial charge in [-0.2, -0.15) is 5.10 Å².